The van der Waals surface area contributed by atoms with E-state index in [1.54, 1.807) is 0 Å². The molecule has 0 bridgehead atoms. The van der Waals surface area contributed by atoms with Gasteiger partial charge in [0.25, 0.3) is 5.69 Å². The molecule has 0 radical (unpaired) electrons. The van der Waals surface area contributed by atoms with Crippen molar-refractivity contribution in [2.75, 3.05) is 11.9 Å². The van der Waals surface area contributed by atoms with Gasteiger partial charge in [-0.15, -0.1) is 0 Å². The molecule has 1 aromatic carbocycles. The summed E-state index contributed by atoms with van der Waals surface area (Å²) in [7, 11) is 0. The Kier molecular flexibility index (Phi) is 4.35. The Balaban J connectivity index is 1.95. The van der Waals surface area contributed by atoms with Gasteiger partial charge in [-0.1, -0.05) is 19.8 Å². The third kappa shape index (κ3) is 3.66. The van der Waals surface area contributed by atoms with Gasteiger partial charge in [0, 0.05) is 18.7 Å². The maximum Gasteiger partial charge on any atom is 0.271 e. The van der Waals surface area contributed by atoms with Gasteiger partial charge in [0.2, 0.25) is 0 Å². The van der Waals surface area contributed by atoms with E-state index in [-0.39, 0.29) is 11.4 Å². The van der Waals surface area contributed by atoms with Gasteiger partial charge in [-0.25, -0.2) is 4.39 Å². The molecule has 0 spiro atoms. The molecule has 1 N–H and O–H groups in total. The summed E-state index contributed by atoms with van der Waals surface area (Å²) in [5, 5.41) is 13.7. The Bertz CT molecular complexity index is 457. The summed E-state index contributed by atoms with van der Waals surface area (Å²) in [6.07, 6.45) is 4.71. The highest BCUT2D eigenvalue weighted by atomic mass is 19.1. The molecule has 1 aromatic rings. The minimum atomic E-state index is -0.507. The van der Waals surface area contributed by atoms with Crippen LogP contribution in [-0.4, -0.2) is 11.5 Å². The fraction of sp³-hybridized carbons (Fsp3) is 0.571. The van der Waals surface area contributed by atoms with Gasteiger partial charge in [-0.05, 0) is 30.7 Å². The number of rotatable bonds is 4. The molecule has 1 fully saturated rings. The minimum Gasteiger partial charge on any atom is -0.382 e. The molecule has 5 heteroatoms. The third-order valence-corrected chi connectivity index (χ3v) is 3.88. The topological polar surface area (TPSA) is 55.2 Å². The molecule has 0 amide bonds. The van der Waals surface area contributed by atoms with Crippen LogP contribution in [0.1, 0.15) is 32.6 Å². The van der Waals surface area contributed by atoms with Gasteiger partial charge in [-0.2, -0.15) is 0 Å². The van der Waals surface area contributed by atoms with Crippen molar-refractivity contribution in [1.29, 1.82) is 0 Å². The van der Waals surface area contributed by atoms with Crippen LogP contribution in [0, 0.1) is 27.8 Å². The molecule has 2 rings (SSSR count). The second-order valence-electron chi connectivity index (χ2n) is 5.43. The Morgan fingerprint density at radius 3 is 2.68 bits per heavy atom. The van der Waals surface area contributed by atoms with Crippen molar-refractivity contribution in [3.63, 3.8) is 0 Å². The lowest BCUT2D eigenvalue weighted by Crippen LogP contribution is -2.20. The van der Waals surface area contributed by atoms with Crippen LogP contribution in [0.4, 0.5) is 15.8 Å². The summed E-state index contributed by atoms with van der Waals surface area (Å²) in [5.41, 5.74) is 0.147. The molecule has 4 nitrogen and oxygen atoms in total. The first kappa shape index (κ1) is 13.8. The molecular weight excluding hydrogens is 247 g/mol. The summed E-state index contributed by atoms with van der Waals surface area (Å²) in [6.45, 7) is 2.94. The van der Waals surface area contributed by atoms with Crippen molar-refractivity contribution < 1.29 is 9.31 Å². The van der Waals surface area contributed by atoms with Crippen LogP contribution in [0.3, 0.4) is 0 Å². The van der Waals surface area contributed by atoms with E-state index >= 15 is 0 Å². The predicted octanol–water partition coefficient (Wildman–Crippen LogP) is 3.97. The molecule has 1 aliphatic carbocycles. The number of halogens is 1. The molecule has 1 aliphatic rings. The zero-order chi connectivity index (χ0) is 13.8. The number of nitrogens with one attached hydrogen (secondary N) is 1. The summed E-state index contributed by atoms with van der Waals surface area (Å²) < 4.78 is 13.6. The molecule has 0 saturated heterocycles. The van der Waals surface area contributed by atoms with Gasteiger partial charge in [0.1, 0.15) is 5.82 Å². The number of benzene rings is 1. The Labute approximate surface area is 112 Å². The number of nitrogens with zero attached hydrogens (tertiary/aromatic N) is 1. The van der Waals surface area contributed by atoms with Gasteiger partial charge < -0.3 is 5.32 Å². The summed E-state index contributed by atoms with van der Waals surface area (Å²) >= 11 is 0. The van der Waals surface area contributed by atoms with E-state index in [0.29, 0.717) is 12.5 Å². The number of nitro groups is 1. The quantitative estimate of drug-likeness (QED) is 0.662. The summed E-state index contributed by atoms with van der Waals surface area (Å²) in [5.74, 6) is 0.885. The van der Waals surface area contributed by atoms with Crippen LogP contribution in [0.2, 0.25) is 0 Å². The zero-order valence-electron chi connectivity index (χ0n) is 11.1. The van der Waals surface area contributed by atoms with E-state index in [1.807, 2.05) is 0 Å². The number of nitro benzene ring substituents is 1. The van der Waals surface area contributed by atoms with Crippen molar-refractivity contribution in [2.45, 2.75) is 32.6 Å². The SMILES string of the molecule is CC1CCC(CNc2cc([N+](=O)[O-])ccc2F)CC1. The van der Waals surface area contributed by atoms with E-state index in [2.05, 4.69) is 12.2 Å². The van der Waals surface area contributed by atoms with Crippen LogP contribution < -0.4 is 5.32 Å². The van der Waals surface area contributed by atoms with Crippen molar-refractivity contribution in [3.05, 3.63) is 34.1 Å². The number of hydrogen-bond donors (Lipinski definition) is 1. The Morgan fingerprint density at radius 2 is 2.05 bits per heavy atom. The van der Waals surface area contributed by atoms with Crippen LogP contribution in [-0.2, 0) is 0 Å². The van der Waals surface area contributed by atoms with E-state index < -0.39 is 10.7 Å². The molecular formula is C14H19FN2O2. The van der Waals surface area contributed by atoms with Gasteiger partial charge in [-0.3, -0.25) is 10.1 Å². The first-order chi connectivity index (χ1) is 9.06. The lowest BCUT2D eigenvalue weighted by atomic mass is 9.83. The number of non-ortho nitro benzene ring substituents is 1. The molecule has 1 saturated carbocycles. The standard InChI is InChI=1S/C14H19FN2O2/c1-10-2-4-11(5-3-10)9-16-14-8-12(17(18)19)6-7-13(14)15/h6-8,10-11,16H,2-5,9H2,1H3. The number of anilines is 1. The van der Waals surface area contributed by atoms with Crippen LogP contribution in [0.25, 0.3) is 0 Å². The normalized spacial score (nSPS) is 23.1. The highest BCUT2D eigenvalue weighted by molar-refractivity contribution is 5.52. The van der Waals surface area contributed by atoms with Crippen molar-refractivity contribution in [2.24, 2.45) is 11.8 Å². The summed E-state index contributed by atoms with van der Waals surface area (Å²) in [6, 6.07) is 3.59. The van der Waals surface area contributed by atoms with E-state index in [0.717, 1.165) is 24.8 Å². The van der Waals surface area contributed by atoms with Crippen LogP contribution in [0.15, 0.2) is 18.2 Å². The average Bonchev–Trinajstić information content (AvgIpc) is 2.39. The number of hydrogen-bond acceptors (Lipinski definition) is 3. The van der Waals surface area contributed by atoms with Crippen molar-refractivity contribution >= 4 is 11.4 Å². The Hall–Kier alpha value is -1.65. The molecule has 0 atom stereocenters. The minimum absolute atomic E-state index is 0.0823. The van der Waals surface area contributed by atoms with Crippen molar-refractivity contribution in [3.8, 4) is 0 Å². The second-order valence-corrected chi connectivity index (χ2v) is 5.43. The largest absolute Gasteiger partial charge is 0.382 e. The van der Waals surface area contributed by atoms with E-state index in [9.17, 15) is 14.5 Å². The predicted molar refractivity (Wildman–Crippen MR) is 72.7 cm³/mol. The molecule has 0 heterocycles. The van der Waals surface area contributed by atoms with Crippen LogP contribution >= 0.6 is 0 Å². The molecule has 104 valence electrons. The highest BCUT2D eigenvalue weighted by Gasteiger charge is 2.18. The highest BCUT2D eigenvalue weighted by Crippen LogP contribution is 2.29. The molecule has 19 heavy (non-hydrogen) atoms. The van der Waals surface area contributed by atoms with Gasteiger partial charge >= 0.3 is 0 Å². The summed E-state index contributed by atoms with van der Waals surface area (Å²) in [4.78, 5) is 10.2. The maximum absolute atomic E-state index is 13.6. The Morgan fingerprint density at radius 1 is 1.37 bits per heavy atom. The fourth-order valence-corrected chi connectivity index (χ4v) is 2.55. The molecule has 0 unspecified atom stereocenters. The first-order valence-electron chi connectivity index (χ1n) is 6.74. The lowest BCUT2D eigenvalue weighted by Gasteiger charge is -2.26. The fourth-order valence-electron chi connectivity index (χ4n) is 2.55. The second kappa shape index (κ2) is 5.99. The van der Waals surface area contributed by atoms with Crippen molar-refractivity contribution in [1.82, 2.24) is 0 Å². The van der Waals surface area contributed by atoms with E-state index in [1.165, 1.54) is 25.0 Å². The van der Waals surface area contributed by atoms with Gasteiger partial charge in [0.15, 0.2) is 0 Å². The van der Waals surface area contributed by atoms with Crippen LogP contribution in [0.5, 0.6) is 0 Å². The smallest absolute Gasteiger partial charge is 0.271 e. The molecule has 0 aromatic heterocycles. The monoisotopic (exact) mass is 266 g/mol. The average molecular weight is 266 g/mol. The lowest BCUT2D eigenvalue weighted by molar-refractivity contribution is -0.384. The third-order valence-electron chi connectivity index (χ3n) is 3.88. The zero-order valence-corrected chi connectivity index (χ0v) is 11.1. The first-order valence-corrected chi connectivity index (χ1v) is 6.74. The van der Waals surface area contributed by atoms with E-state index in [4.69, 9.17) is 0 Å². The molecule has 0 aliphatic heterocycles. The maximum atomic E-state index is 13.6. The van der Waals surface area contributed by atoms with Gasteiger partial charge in [0.05, 0.1) is 10.6 Å².